The second kappa shape index (κ2) is 6.68. The number of rotatable bonds is 5. The molecule has 0 saturated heterocycles. The van der Waals surface area contributed by atoms with E-state index in [9.17, 15) is 0 Å². The summed E-state index contributed by atoms with van der Waals surface area (Å²) in [6.45, 7) is 13.8. The van der Waals surface area contributed by atoms with Gasteiger partial charge < -0.3 is 4.74 Å². The van der Waals surface area contributed by atoms with Crippen molar-refractivity contribution in [3.05, 3.63) is 47.6 Å². The van der Waals surface area contributed by atoms with E-state index in [-0.39, 0.29) is 5.41 Å². The van der Waals surface area contributed by atoms with Gasteiger partial charge in [-0.2, -0.15) is 0 Å². The number of hydrogen-bond acceptors (Lipinski definition) is 1. The molecule has 0 amide bonds. The maximum atomic E-state index is 6.01. The molecule has 2 heteroatoms. The van der Waals surface area contributed by atoms with Crippen LogP contribution >= 0.6 is 0 Å². The van der Waals surface area contributed by atoms with Gasteiger partial charge in [0, 0.05) is 0 Å². The van der Waals surface area contributed by atoms with Crippen molar-refractivity contribution < 1.29 is 4.74 Å². The van der Waals surface area contributed by atoms with E-state index in [4.69, 9.17) is 4.74 Å². The van der Waals surface area contributed by atoms with E-state index in [1.807, 2.05) is 7.11 Å². The van der Waals surface area contributed by atoms with E-state index in [1.165, 1.54) is 28.4 Å². The van der Waals surface area contributed by atoms with Gasteiger partial charge in [-0.1, -0.05) is 88.7 Å². The molecular weight excluding hydrogens is 296 g/mol. The summed E-state index contributed by atoms with van der Waals surface area (Å²) in [4.78, 5) is 0. The first-order chi connectivity index (χ1) is 10.8. The maximum Gasteiger partial charge on any atom is 0.121 e. The molecule has 0 spiro atoms. The number of hydrogen-bond donors (Lipinski definition) is 0. The Morgan fingerprint density at radius 3 is 2.04 bits per heavy atom. The normalized spacial score (nSPS) is 15.4. The molecule has 1 aromatic rings. The minimum Gasteiger partial charge on any atom is -0.497 e. The van der Waals surface area contributed by atoms with Gasteiger partial charge in [-0.05, 0) is 28.6 Å². The molecule has 0 unspecified atom stereocenters. The second-order valence-electron chi connectivity index (χ2n) is 7.80. The Kier molecular flexibility index (Phi) is 5.25. The molecule has 1 aliphatic carbocycles. The number of aryl methyl sites for hydroxylation is 1. The highest BCUT2D eigenvalue weighted by molar-refractivity contribution is 6.94. The zero-order chi connectivity index (χ0) is 17.3. The first kappa shape index (κ1) is 18.1. The molecule has 0 heterocycles. The lowest BCUT2D eigenvalue weighted by atomic mass is 9.85. The lowest BCUT2D eigenvalue weighted by molar-refractivity contribution is 0.400. The van der Waals surface area contributed by atoms with Crippen LogP contribution in [0.4, 0.5) is 0 Å². The minimum atomic E-state index is -1.69. The Labute approximate surface area is 143 Å². The summed E-state index contributed by atoms with van der Waals surface area (Å²) in [5.41, 5.74) is 3.38. The van der Waals surface area contributed by atoms with E-state index < -0.39 is 8.07 Å². The first-order valence-electron chi connectivity index (χ1n) is 8.84. The Hall–Kier alpha value is -1.28. The molecule has 0 atom stereocenters. The fourth-order valence-corrected chi connectivity index (χ4v) is 8.73. The van der Waals surface area contributed by atoms with Gasteiger partial charge >= 0.3 is 0 Å². The maximum absolute atomic E-state index is 6.01. The molecule has 23 heavy (non-hydrogen) atoms. The average molecular weight is 329 g/mol. The van der Waals surface area contributed by atoms with Crippen molar-refractivity contribution in [2.45, 2.75) is 64.6 Å². The third kappa shape index (κ3) is 3.19. The number of methoxy groups -OCH3 is 1. The highest BCUT2D eigenvalue weighted by atomic mass is 28.3. The van der Waals surface area contributed by atoms with Crippen LogP contribution in [-0.2, 0) is 5.41 Å². The quantitative estimate of drug-likeness (QED) is 0.649. The van der Waals surface area contributed by atoms with Crippen molar-refractivity contribution in [3.8, 4) is 5.75 Å². The average Bonchev–Trinajstić information content (AvgIpc) is 3.02. The van der Waals surface area contributed by atoms with E-state index in [1.54, 1.807) is 0 Å². The van der Waals surface area contributed by atoms with Crippen molar-refractivity contribution in [3.63, 3.8) is 0 Å². The van der Waals surface area contributed by atoms with Gasteiger partial charge in [0.2, 0.25) is 0 Å². The van der Waals surface area contributed by atoms with E-state index in [2.05, 4.69) is 78.0 Å². The van der Waals surface area contributed by atoms with Gasteiger partial charge in [0.25, 0.3) is 0 Å². The van der Waals surface area contributed by atoms with Crippen LogP contribution in [-0.4, -0.2) is 15.2 Å². The Morgan fingerprint density at radius 1 is 1.04 bits per heavy atom. The van der Waals surface area contributed by atoms with Crippen LogP contribution in [0.15, 0.2) is 36.4 Å². The summed E-state index contributed by atoms with van der Waals surface area (Å²) in [5, 5.41) is 1.51. The van der Waals surface area contributed by atoms with Crippen LogP contribution in [0.3, 0.4) is 0 Å². The summed E-state index contributed by atoms with van der Waals surface area (Å²) in [5.74, 6) is 1.15. The molecule has 0 bridgehead atoms. The van der Waals surface area contributed by atoms with Gasteiger partial charge in [0.05, 0.1) is 7.11 Å². The zero-order valence-electron chi connectivity index (χ0n) is 15.9. The standard InChI is InChI=1S/C21H32OSi/c1-8-23(9-2,17-12-10-11-13-17)19-15-16(3)14-18(20(19)22-7)21(4,5)6/h10-15,17H,8-9H2,1-7H3. The summed E-state index contributed by atoms with van der Waals surface area (Å²) in [6, 6.07) is 7.21. The van der Waals surface area contributed by atoms with Crippen molar-refractivity contribution >= 4 is 13.3 Å². The number of allylic oxidation sites excluding steroid dienone is 4. The van der Waals surface area contributed by atoms with E-state index >= 15 is 0 Å². The molecule has 1 aromatic carbocycles. The highest BCUT2D eigenvalue weighted by Crippen LogP contribution is 2.40. The van der Waals surface area contributed by atoms with Gasteiger partial charge in [-0.25, -0.2) is 0 Å². The summed E-state index contributed by atoms with van der Waals surface area (Å²) < 4.78 is 6.01. The van der Waals surface area contributed by atoms with Gasteiger partial charge in [-0.15, -0.1) is 0 Å². The molecule has 1 aliphatic rings. The summed E-state index contributed by atoms with van der Waals surface area (Å²) in [7, 11) is 0.149. The van der Waals surface area contributed by atoms with Gasteiger partial charge in [-0.3, -0.25) is 0 Å². The molecule has 0 aliphatic heterocycles. The predicted molar refractivity (Wildman–Crippen MR) is 105 cm³/mol. The largest absolute Gasteiger partial charge is 0.497 e. The monoisotopic (exact) mass is 328 g/mol. The van der Waals surface area contributed by atoms with Crippen molar-refractivity contribution in [2.75, 3.05) is 7.11 Å². The predicted octanol–water partition coefficient (Wildman–Crippen LogP) is 5.49. The molecule has 0 saturated carbocycles. The zero-order valence-corrected chi connectivity index (χ0v) is 16.9. The van der Waals surface area contributed by atoms with Crippen LogP contribution in [0.25, 0.3) is 0 Å². The second-order valence-corrected chi connectivity index (χ2v) is 12.7. The Bertz CT molecular complexity index is 603. The molecule has 0 fully saturated rings. The third-order valence-electron chi connectivity index (χ3n) is 5.43. The fraction of sp³-hybridized carbons (Fsp3) is 0.524. The Balaban J connectivity index is 2.75. The summed E-state index contributed by atoms with van der Waals surface area (Å²) in [6.07, 6.45) is 9.23. The molecule has 1 nitrogen and oxygen atoms in total. The topological polar surface area (TPSA) is 9.23 Å². The first-order valence-corrected chi connectivity index (χ1v) is 11.3. The van der Waals surface area contributed by atoms with Crippen LogP contribution in [0.1, 0.15) is 45.7 Å². The van der Waals surface area contributed by atoms with E-state index in [0.29, 0.717) is 5.54 Å². The van der Waals surface area contributed by atoms with E-state index in [0.717, 1.165) is 5.75 Å². The number of benzene rings is 1. The van der Waals surface area contributed by atoms with Gasteiger partial charge in [0.15, 0.2) is 0 Å². The molecule has 0 radical (unpaired) electrons. The van der Waals surface area contributed by atoms with Crippen LogP contribution in [0.2, 0.25) is 17.6 Å². The highest BCUT2D eigenvalue weighted by Gasteiger charge is 2.41. The fourth-order valence-electron chi connectivity index (χ4n) is 4.00. The summed E-state index contributed by atoms with van der Waals surface area (Å²) >= 11 is 0. The molecule has 126 valence electrons. The lowest BCUT2D eigenvalue weighted by Crippen LogP contribution is -2.50. The third-order valence-corrected chi connectivity index (χ3v) is 11.1. The van der Waals surface area contributed by atoms with Gasteiger partial charge in [0.1, 0.15) is 13.8 Å². The van der Waals surface area contributed by atoms with Crippen molar-refractivity contribution in [2.24, 2.45) is 0 Å². The van der Waals surface area contributed by atoms with Crippen molar-refractivity contribution in [1.82, 2.24) is 0 Å². The number of ether oxygens (including phenoxy) is 1. The molecule has 0 aromatic heterocycles. The Morgan fingerprint density at radius 2 is 1.61 bits per heavy atom. The molecular formula is C21H32OSi. The minimum absolute atomic E-state index is 0.0924. The van der Waals surface area contributed by atoms with Crippen LogP contribution in [0.5, 0.6) is 5.75 Å². The van der Waals surface area contributed by atoms with Crippen LogP contribution in [0, 0.1) is 6.92 Å². The van der Waals surface area contributed by atoms with Crippen LogP contribution < -0.4 is 9.92 Å². The SMILES string of the molecule is CC[Si](CC)(c1cc(C)cc(C(C)(C)C)c1OC)C1C=CC=C1. The molecule has 2 rings (SSSR count). The smallest absolute Gasteiger partial charge is 0.121 e. The lowest BCUT2D eigenvalue weighted by Gasteiger charge is -2.37. The molecule has 0 N–H and O–H groups in total. The van der Waals surface area contributed by atoms with Crippen molar-refractivity contribution in [1.29, 1.82) is 0 Å².